The highest BCUT2D eigenvalue weighted by Gasteiger charge is 2.14. The summed E-state index contributed by atoms with van der Waals surface area (Å²) in [5.41, 5.74) is 0.712. The zero-order valence-electron chi connectivity index (χ0n) is 10.9. The van der Waals surface area contributed by atoms with Crippen LogP contribution in [-0.2, 0) is 9.53 Å². The van der Waals surface area contributed by atoms with Crippen molar-refractivity contribution in [2.75, 3.05) is 13.2 Å². The highest BCUT2D eigenvalue weighted by molar-refractivity contribution is 5.69. The summed E-state index contributed by atoms with van der Waals surface area (Å²) < 4.78 is 10.3. The van der Waals surface area contributed by atoms with E-state index in [1.54, 1.807) is 13.0 Å². The fourth-order valence-electron chi connectivity index (χ4n) is 1.69. The van der Waals surface area contributed by atoms with E-state index < -0.39 is 6.10 Å². The number of para-hydroxylation sites is 1. The molecule has 0 aliphatic rings. The molecule has 0 aliphatic carbocycles. The molecule has 0 fully saturated rings. The quantitative estimate of drug-likeness (QED) is 0.757. The molecule has 4 heteroatoms. The molecule has 0 spiro atoms. The molecule has 100 valence electrons. The number of aliphatic hydroxyl groups excluding tert-OH is 1. The minimum Gasteiger partial charge on any atom is -0.493 e. The molecule has 0 amide bonds. The second kappa shape index (κ2) is 7.71. The summed E-state index contributed by atoms with van der Waals surface area (Å²) in [6, 6.07) is 7.31. The van der Waals surface area contributed by atoms with E-state index in [2.05, 4.69) is 0 Å². The van der Waals surface area contributed by atoms with Gasteiger partial charge in [0, 0.05) is 12.0 Å². The first kappa shape index (κ1) is 14.5. The Morgan fingerprint density at radius 2 is 2.00 bits per heavy atom. The molecule has 4 nitrogen and oxygen atoms in total. The van der Waals surface area contributed by atoms with Gasteiger partial charge in [-0.3, -0.25) is 4.79 Å². The van der Waals surface area contributed by atoms with Crippen LogP contribution in [0.4, 0.5) is 0 Å². The molecule has 0 heterocycles. The summed E-state index contributed by atoms with van der Waals surface area (Å²) in [6.45, 7) is 4.56. The Morgan fingerprint density at radius 3 is 2.67 bits per heavy atom. The van der Waals surface area contributed by atoms with Gasteiger partial charge in [0.1, 0.15) is 5.75 Å². The van der Waals surface area contributed by atoms with Crippen LogP contribution in [-0.4, -0.2) is 24.3 Å². The van der Waals surface area contributed by atoms with E-state index in [4.69, 9.17) is 9.47 Å². The van der Waals surface area contributed by atoms with Crippen LogP contribution < -0.4 is 4.74 Å². The molecule has 1 unspecified atom stereocenters. The van der Waals surface area contributed by atoms with Crippen molar-refractivity contribution >= 4 is 5.97 Å². The minimum absolute atomic E-state index is 0.204. The fourth-order valence-corrected chi connectivity index (χ4v) is 1.69. The molecule has 0 radical (unpaired) electrons. The van der Waals surface area contributed by atoms with Gasteiger partial charge in [-0.2, -0.15) is 0 Å². The van der Waals surface area contributed by atoms with E-state index in [1.807, 2.05) is 25.1 Å². The number of benzene rings is 1. The third kappa shape index (κ3) is 4.37. The van der Waals surface area contributed by atoms with Gasteiger partial charge in [0.25, 0.3) is 0 Å². The molecule has 1 aromatic rings. The van der Waals surface area contributed by atoms with Crippen molar-refractivity contribution in [1.29, 1.82) is 0 Å². The normalized spacial score (nSPS) is 11.9. The van der Waals surface area contributed by atoms with E-state index in [9.17, 15) is 9.90 Å². The summed E-state index contributed by atoms with van der Waals surface area (Å²) in [6.07, 6.45) is -0.171. The lowest BCUT2D eigenvalue weighted by Crippen LogP contribution is -2.08. The van der Waals surface area contributed by atoms with Crippen LogP contribution in [0.15, 0.2) is 24.3 Å². The van der Waals surface area contributed by atoms with Crippen molar-refractivity contribution in [3.8, 4) is 5.75 Å². The van der Waals surface area contributed by atoms with Crippen LogP contribution >= 0.6 is 0 Å². The lowest BCUT2D eigenvalue weighted by Gasteiger charge is -2.15. The SMILES string of the molecule is CCOC(=O)CCC(O)c1ccccc1OCC. The van der Waals surface area contributed by atoms with Crippen LogP contribution in [0.2, 0.25) is 0 Å². The molecule has 1 rings (SSSR count). The molecule has 18 heavy (non-hydrogen) atoms. The minimum atomic E-state index is -0.711. The number of carbonyl (C=O) groups excluding carboxylic acids is 1. The Hall–Kier alpha value is -1.55. The van der Waals surface area contributed by atoms with Gasteiger partial charge >= 0.3 is 5.97 Å². The van der Waals surface area contributed by atoms with Gasteiger partial charge in [0.15, 0.2) is 0 Å². The number of hydrogen-bond donors (Lipinski definition) is 1. The highest BCUT2D eigenvalue weighted by Crippen LogP contribution is 2.27. The maximum atomic E-state index is 11.2. The fraction of sp³-hybridized carbons (Fsp3) is 0.500. The van der Waals surface area contributed by atoms with Gasteiger partial charge in [-0.1, -0.05) is 18.2 Å². The van der Waals surface area contributed by atoms with Crippen molar-refractivity contribution in [2.45, 2.75) is 32.8 Å². The van der Waals surface area contributed by atoms with Gasteiger partial charge in [-0.05, 0) is 26.3 Å². The van der Waals surface area contributed by atoms with Crippen molar-refractivity contribution in [1.82, 2.24) is 0 Å². The molecule has 0 saturated carbocycles. The smallest absolute Gasteiger partial charge is 0.305 e. The monoisotopic (exact) mass is 252 g/mol. The van der Waals surface area contributed by atoms with Gasteiger partial charge in [0.2, 0.25) is 0 Å². The lowest BCUT2D eigenvalue weighted by atomic mass is 10.0. The van der Waals surface area contributed by atoms with E-state index in [0.717, 1.165) is 0 Å². The average molecular weight is 252 g/mol. The first-order valence-electron chi connectivity index (χ1n) is 6.24. The molecule has 0 bridgehead atoms. The van der Waals surface area contributed by atoms with Crippen molar-refractivity contribution in [2.24, 2.45) is 0 Å². The lowest BCUT2D eigenvalue weighted by molar-refractivity contribution is -0.143. The van der Waals surface area contributed by atoms with Crippen LogP contribution in [0.25, 0.3) is 0 Å². The predicted octanol–water partition coefficient (Wildman–Crippen LogP) is 2.46. The van der Waals surface area contributed by atoms with E-state index in [0.29, 0.717) is 30.9 Å². The largest absolute Gasteiger partial charge is 0.493 e. The highest BCUT2D eigenvalue weighted by atomic mass is 16.5. The first-order chi connectivity index (χ1) is 8.69. The Balaban J connectivity index is 2.60. The molecule has 0 aliphatic heterocycles. The summed E-state index contributed by atoms with van der Waals surface area (Å²) in [5.74, 6) is 0.377. The van der Waals surface area contributed by atoms with Gasteiger partial charge < -0.3 is 14.6 Å². The summed E-state index contributed by atoms with van der Waals surface area (Å²) in [7, 11) is 0. The van der Waals surface area contributed by atoms with Crippen molar-refractivity contribution < 1.29 is 19.4 Å². The molecular weight excluding hydrogens is 232 g/mol. The maximum absolute atomic E-state index is 11.2. The van der Waals surface area contributed by atoms with Gasteiger partial charge in [-0.15, -0.1) is 0 Å². The van der Waals surface area contributed by atoms with Gasteiger partial charge in [0.05, 0.1) is 19.3 Å². The standard InChI is InChI=1S/C14H20O4/c1-3-17-13-8-6-5-7-11(13)12(15)9-10-14(16)18-4-2/h5-8,12,15H,3-4,9-10H2,1-2H3. The number of hydrogen-bond acceptors (Lipinski definition) is 4. The van der Waals surface area contributed by atoms with Crippen molar-refractivity contribution in [3.05, 3.63) is 29.8 Å². The van der Waals surface area contributed by atoms with Crippen LogP contribution in [0.5, 0.6) is 5.75 Å². The Bertz CT molecular complexity index is 376. The molecule has 1 aromatic carbocycles. The second-order valence-electron chi connectivity index (χ2n) is 3.83. The predicted molar refractivity (Wildman–Crippen MR) is 68.4 cm³/mol. The van der Waals surface area contributed by atoms with Crippen LogP contribution in [0.1, 0.15) is 38.4 Å². The number of aliphatic hydroxyl groups is 1. The van der Waals surface area contributed by atoms with Gasteiger partial charge in [-0.25, -0.2) is 0 Å². The van der Waals surface area contributed by atoms with E-state index in [1.165, 1.54) is 0 Å². The second-order valence-corrected chi connectivity index (χ2v) is 3.83. The summed E-state index contributed by atoms with van der Waals surface area (Å²) in [5, 5.41) is 10.1. The first-order valence-corrected chi connectivity index (χ1v) is 6.24. The molecule has 0 aromatic heterocycles. The van der Waals surface area contributed by atoms with E-state index in [-0.39, 0.29) is 12.4 Å². The molecule has 1 N–H and O–H groups in total. The Labute approximate surface area is 108 Å². The molecule has 0 saturated heterocycles. The summed E-state index contributed by atoms with van der Waals surface area (Å²) >= 11 is 0. The van der Waals surface area contributed by atoms with E-state index >= 15 is 0 Å². The maximum Gasteiger partial charge on any atom is 0.305 e. The summed E-state index contributed by atoms with van der Waals surface area (Å²) in [4.78, 5) is 11.2. The Morgan fingerprint density at radius 1 is 1.28 bits per heavy atom. The number of carbonyl (C=O) groups is 1. The Kier molecular flexibility index (Phi) is 6.22. The van der Waals surface area contributed by atoms with Crippen LogP contribution in [0, 0.1) is 0 Å². The third-order valence-corrected chi connectivity index (χ3v) is 2.51. The van der Waals surface area contributed by atoms with Crippen LogP contribution in [0.3, 0.4) is 0 Å². The third-order valence-electron chi connectivity index (χ3n) is 2.51. The number of ether oxygens (including phenoxy) is 2. The number of rotatable bonds is 7. The average Bonchev–Trinajstić information content (AvgIpc) is 2.37. The zero-order chi connectivity index (χ0) is 13.4. The topological polar surface area (TPSA) is 55.8 Å². The molecule has 1 atom stereocenters. The number of esters is 1. The molecular formula is C14H20O4. The van der Waals surface area contributed by atoms with Crippen molar-refractivity contribution in [3.63, 3.8) is 0 Å². The zero-order valence-corrected chi connectivity index (χ0v) is 10.9.